The summed E-state index contributed by atoms with van der Waals surface area (Å²) in [5.74, 6) is 1.89. The second-order valence-electron chi connectivity index (χ2n) is 4.17. The van der Waals surface area contributed by atoms with Crippen LogP contribution in [-0.4, -0.2) is 23.6 Å². The largest absolute Gasteiger partial charge is 0.481 e. The summed E-state index contributed by atoms with van der Waals surface area (Å²) in [7, 11) is 1.59. The van der Waals surface area contributed by atoms with Crippen molar-refractivity contribution in [3.63, 3.8) is 0 Å². The molecule has 1 aromatic rings. The first-order valence-electron chi connectivity index (χ1n) is 5.65. The Morgan fingerprint density at radius 3 is 2.94 bits per heavy atom. The summed E-state index contributed by atoms with van der Waals surface area (Å²) in [5, 5.41) is 3.38. The molecular formula is C11H18N4O. The van der Waals surface area contributed by atoms with Crippen molar-refractivity contribution in [3.8, 4) is 5.88 Å². The molecule has 0 spiro atoms. The van der Waals surface area contributed by atoms with Gasteiger partial charge in [-0.05, 0) is 25.3 Å². The van der Waals surface area contributed by atoms with E-state index >= 15 is 0 Å². The molecule has 1 saturated carbocycles. The molecule has 1 aromatic heterocycles. The minimum absolute atomic E-state index is 0.493. The predicted molar refractivity (Wildman–Crippen MR) is 62.0 cm³/mol. The fraction of sp³-hybridized carbons (Fsp3) is 0.636. The molecule has 0 radical (unpaired) electrons. The van der Waals surface area contributed by atoms with Crippen LogP contribution in [0.4, 0.5) is 5.82 Å². The highest BCUT2D eigenvalue weighted by Gasteiger charge is 2.17. The van der Waals surface area contributed by atoms with Crippen LogP contribution in [0, 0.1) is 5.92 Å². The Bertz CT molecular complexity index is 352. The van der Waals surface area contributed by atoms with Crippen molar-refractivity contribution >= 4 is 5.82 Å². The normalized spacial score (nSPS) is 15.8. The van der Waals surface area contributed by atoms with Crippen molar-refractivity contribution in [2.24, 2.45) is 5.92 Å². The number of nitrogens with one attached hydrogen (secondary N) is 1. The molecule has 1 heterocycles. The van der Waals surface area contributed by atoms with Gasteiger partial charge in [0, 0.05) is 6.54 Å². The summed E-state index contributed by atoms with van der Waals surface area (Å²) >= 11 is 0. The zero-order chi connectivity index (χ0) is 11.4. The van der Waals surface area contributed by atoms with E-state index in [0.29, 0.717) is 18.2 Å². The Labute approximate surface area is 95.4 Å². The Kier molecular flexibility index (Phi) is 3.56. The molecule has 88 valence electrons. The van der Waals surface area contributed by atoms with Gasteiger partial charge in [-0.15, -0.1) is 0 Å². The molecular weight excluding hydrogens is 204 g/mol. The molecule has 0 saturated heterocycles. The first kappa shape index (κ1) is 11.1. The van der Waals surface area contributed by atoms with Gasteiger partial charge >= 0.3 is 0 Å². The van der Waals surface area contributed by atoms with E-state index in [2.05, 4.69) is 15.3 Å². The van der Waals surface area contributed by atoms with Gasteiger partial charge in [0.15, 0.2) is 0 Å². The summed E-state index contributed by atoms with van der Waals surface area (Å²) < 4.78 is 5.15. The van der Waals surface area contributed by atoms with E-state index in [9.17, 15) is 0 Å². The summed E-state index contributed by atoms with van der Waals surface area (Å²) in [6.45, 7) is 1.71. The molecule has 16 heavy (non-hydrogen) atoms. The molecule has 5 nitrogen and oxygen atoms in total. The first-order valence-corrected chi connectivity index (χ1v) is 5.65. The van der Waals surface area contributed by atoms with Crippen LogP contribution in [0.5, 0.6) is 5.88 Å². The molecule has 1 aliphatic rings. The lowest BCUT2D eigenvalue weighted by Gasteiger charge is -2.25. The summed E-state index contributed by atoms with van der Waals surface area (Å²) in [6.07, 6.45) is 5.46. The quantitative estimate of drug-likeness (QED) is 0.776. The molecule has 0 aromatic carbocycles. The Morgan fingerprint density at radius 1 is 1.50 bits per heavy atom. The van der Waals surface area contributed by atoms with Gasteiger partial charge < -0.3 is 15.8 Å². The van der Waals surface area contributed by atoms with Gasteiger partial charge in [0.05, 0.1) is 12.7 Å². The molecule has 0 amide bonds. The van der Waals surface area contributed by atoms with Gasteiger partial charge in [-0.25, -0.2) is 9.97 Å². The van der Waals surface area contributed by atoms with Gasteiger partial charge in [-0.3, -0.25) is 0 Å². The van der Waals surface area contributed by atoms with Crippen LogP contribution in [0.2, 0.25) is 0 Å². The van der Waals surface area contributed by atoms with Crippen molar-refractivity contribution in [2.45, 2.75) is 25.8 Å². The molecule has 5 heteroatoms. The minimum atomic E-state index is 0.493. The fourth-order valence-corrected chi connectivity index (χ4v) is 1.85. The molecule has 0 unspecified atom stereocenters. The van der Waals surface area contributed by atoms with Crippen LogP contribution in [0.25, 0.3) is 0 Å². The van der Waals surface area contributed by atoms with Gasteiger partial charge in [0.25, 0.3) is 0 Å². The number of nitrogens with zero attached hydrogens (tertiary/aromatic N) is 2. The van der Waals surface area contributed by atoms with Gasteiger partial charge in [0.1, 0.15) is 12.1 Å². The van der Waals surface area contributed by atoms with Crippen molar-refractivity contribution in [1.82, 2.24) is 15.3 Å². The van der Waals surface area contributed by atoms with Crippen molar-refractivity contribution < 1.29 is 4.74 Å². The third-order valence-electron chi connectivity index (χ3n) is 3.09. The highest BCUT2D eigenvalue weighted by molar-refractivity contribution is 5.44. The number of aromatic nitrogens is 2. The Morgan fingerprint density at radius 2 is 2.31 bits per heavy atom. The molecule has 0 aliphatic heterocycles. The van der Waals surface area contributed by atoms with E-state index in [0.717, 1.165) is 18.0 Å². The monoisotopic (exact) mass is 222 g/mol. The second-order valence-corrected chi connectivity index (χ2v) is 4.17. The lowest BCUT2D eigenvalue weighted by atomic mass is 9.85. The fourth-order valence-electron chi connectivity index (χ4n) is 1.85. The minimum Gasteiger partial charge on any atom is -0.481 e. The number of methoxy groups -OCH3 is 1. The third kappa shape index (κ3) is 2.41. The van der Waals surface area contributed by atoms with E-state index in [1.54, 1.807) is 7.11 Å². The molecule has 1 fully saturated rings. The maximum atomic E-state index is 5.79. The number of anilines is 1. The summed E-state index contributed by atoms with van der Waals surface area (Å²) in [5.41, 5.74) is 6.64. The number of rotatable bonds is 5. The van der Waals surface area contributed by atoms with Crippen LogP contribution in [-0.2, 0) is 6.54 Å². The average molecular weight is 222 g/mol. The number of ether oxygens (including phenoxy) is 1. The van der Waals surface area contributed by atoms with Crippen molar-refractivity contribution in [2.75, 3.05) is 19.4 Å². The standard InChI is InChI=1S/C11H18N4O/c1-16-11-9(10(12)14-7-15-11)6-13-5-8-3-2-4-8/h7-8,13H,2-6H2,1H3,(H2,12,14,15). The van der Waals surface area contributed by atoms with Gasteiger partial charge in [-0.1, -0.05) is 6.42 Å². The van der Waals surface area contributed by atoms with Crippen LogP contribution in [0.3, 0.4) is 0 Å². The summed E-state index contributed by atoms with van der Waals surface area (Å²) in [6, 6.07) is 0. The molecule has 0 atom stereocenters. The van der Waals surface area contributed by atoms with E-state index in [1.165, 1.54) is 25.6 Å². The van der Waals surface area contributed by atoms with Crippen LogP contribution in [0.15, 0.2) is 6.33 Å². The van der Waals surface area contributed by atoms with Crippen molar-refractivity contribution in [3.05, 3.63) is 11.9 Å². The number of hydrogen-bond acceptors (Lipinski definition) is 5. The zero-order valence-corrected chi connectivity index (χ0v) is 9.57. The molecule has 3 N–H and O–H groups in total. The smallest absolute Gasteiger partial charge is 0.222 e. The van der Waals surface area contributed by atoms with Gasteiger partial charge in [0.2, 0.25) is 5.88 Å². The van der Waals surface area contributed by atoms with E-state index < -0.39 is 0 Å². The number of nitrogen functional groups attached to an aromatic ring is 1. The third-order valence-corrected chi connectivity index (χ3v) is 3.09. The Hall–Kier alpha value is -1.36. The predicted octanol–water partition coefficient (Wildman–Crippen LogP) is 0.957. The number of nitrogens with two attached hydrogens (primary N) is 1. The molecule has 0 bridgehead atoms. The van der Waals surface area contributed by atoms with E-state index in [-0.39, 0.29) is 0 Å². The highest BCUT2D eigenvalue weighted by atomic mass is 16.5. The van der Waals surface area contributed by atoms with Crippen LogP contribution in [0.1, 0.15) is 24.8 Å². The van der Waals surface area contributed by atoms with E-state index in [1.807, 2.05) is 0 Å². The maximum Gasteiger partial charge on any atom is 0.222 e. The zero-order valence-electron chi connectivity index (χ0n) is 9.57. The second kappa shape index (κ2) is 5.12. The average Bonchev–Trinajstić information content (AvgIpc) is 2.23. The van der Waals surface area contributed by atoms with Gasteiger partial charge in [-0.2, -0.15) is 0 Å². The van der Waals surface area contributed by atoms with E-state index in [4.69, 9.17) is 10.5 Å². The van der Waals surface area contributed by atoms with Crippen LogP contribution >= 0.6 is 0 Å². The maximum absolute atomic E-state index is 5.79. The van der Waals surface area contributed by atoms with Crippen molar-refractivity contribution in [1.29, 1.82) is 0 Å². The van der Waals surface area contributed by atoms with Crippen LogP contribution < -0.4 is 15.8 Å². The highest BCUT2D eigenvalue weighted by Crippen LogP contribution is 2.25. The number of hydrogen-bond donors (Lipinski definition) is 2. The lowest BCUT2D eigenvalue weighted by Crippen LogP contribution is -2.27. The first-order chi connectivity index (χ1) is 7.81. The summed E-state index contributed by atoms with van der Waals surface area (Å²) in [4.78, 5) is 8.00. The topological polar surface area (TPSA) is 73.1 Å². The molecule has 1 aliphatic carbocycles. The Balaban J connectivity index is 1.91. The molecule has 2 rings (SSSR count). The SMILES string of the molecule is COc1ncnc(N)c1CNCC1CCC1. The lowest BCUT2D eigenvalue weighted by molar-refractivity contribution is 0.300.